The van der Waals surface area contributed by atoms with Gasteiger partial charge >= 0.3 is 0 Å². The molecule has 0 atom stereocenters. The third-order valence-corrected chi connectivity index (χ3v) is 3.44. The zero-order chi connectivity index (χ0) is 13.0. The summed E-state index contributed by atoms with van der Waals surface area (Å²) in [5, 5.41) is 0.475. The van der Waals surface area contributed by atoms with Crippen LogP contribution in [-0.2, 0) is 6.61 Å². The van der Waals surface area contributed by atoms with Crippen molar-refractivity contribution in [2.45, 2.75) is 6.61 Å². The third-order valence-electron chi connectivity index (χ3n) is 2.45. The predicted octanol–water partition coefficient (Wildman–Crippen LogP) is 4.69. The topological polar surface area (TPSA) is 18.5 Å². The molecule has 0 unspecified atom stereocenters. The van der Waals surface area contributed by atoms with Crippen LogP contribution < -0.4 is 9.47 Å². The van der Waals surface area contributed by atoms with Crippen molar-refractivity contribution in [2.24, 2.45) is 0 Å². The zero-order valence-corrected chi connectivity index (χ0v) is 12.2. The first-order chi connectivity index (χ1) is 8.72. The number of hydrogen-bond acceptors (Lipinski definition) is 2. The van der Waals surface area contributed by atoms with Crippen molar-refractivity contribution in [1.29, 1.82) is 0 Å². The fraction of sp³-hybridized carbons (Fsp3) is 0.143. The highest BCUT2D eigenvalue weighted by atomic mass is 79.9. The Labute approximate surface area is 120 Å². The lowest BCUT2D eigenvalue weighted by atomic mass is 10.2. The number of rotatable bonds is 4. The Balaban J connectivity index is 2.15. The van der Waals surface area contributed by atoms with Crippen LogP contribution in [0, 0.1) is 0 Å². The molecule has 0 saturated carbocycles. The molecule has 0 aliphatic heterocycles. The quantitative estimate of drug-likeness (QED) is 0.811. The number of halogens is 2. The first-order valence-electron chi connectivity index (χ1n) is 5.41. The summed E-state index contributed by atoms with van der Waals surface area (Å²) in [7, 11) is 1.58. The summed E-state index contributed by atoms with van der Waals surface area (Å²) in [4.78, 5) is 0. The van der Waals surface area contributed by atoms with Gasteiger partial charge in [-0.2, -0.15) is 0 Å². The van der Waals surface area contributed by atoms with Crippen LogP contribution in [-0.4, -0.2) is 7.11 Å². The van der Waals surface area contributed by atoms with Crippen molar-refractivity contribution in [3.8, 4) is 11.5 Å². The number of methoxy groups -OCH3 is 1. The van der Waals surface area contributed by atoms with Gasteiger partial charge in [0.25, 0.3) is 0 Å². The smallest absolute Gasteiger partial charge is 0.155 e. The Hall–Kier alpha value is -1.19. The Bertz CT molecular complexity index is 529. The van der Waals surface area contributed by atoms with E-state index in [2.05, 4.69) is 15.9 Å². The van der Waals surface area contributed by atoms with E-state index < -0.39 is 0 Å². The maximum atomic E-state index is 6.20. The molecule has 0 aliphatic carbocycles. The van der Waals surface area contributed by atoms with Crippen molar-refractivity contribution in [1.82, 2.24) is 0 Å². The Morgan fingerprint density at radius 2 is 1.83 bits per heavy atom. The van der Waals surface area contributed by atoms with Crippen LogP contribution >= 0.6 is 27.5 Å². The SMILES string of the molecule is COc1c(Br)ccc(OCc2ccccc2)c1Cl. The third kappa shape index (κ3) is 2.98. The lowest BCUT2D eigenvalue weighted by Gasteiger charge is -2.12. The second kappa shape index (κ2) is 6.12. The fourth-order valence-corrected chi connectivity index (χ4v) is 2.45. The largest absolute Gasteiger partial charge is 0.494 e. The summed E-state index contributed by atoms with van der Waals surface area (Å²) in [6, 6.07) is 13.6. The molecule has 4 heteroatoms. The lowest BCUT2D eigenvalue weighted by molar-refractivity contribution is 0.303. The molecular weight excluding hydrogens is 316 g/mol. The Morgan fingerprint density at radius 3 is 2.50 bits per heavy atom. The summed E-state index contributed by atoms with van der Waals surface area (Å²) in [6.45, 7) is 0.478. The highest BCUT2D eigenvalue weighted by Gasteiger charge is 2.11. The van der Waals surface area contributed by atoms with Gasteiger partial charge in [0.15, 0.2) is 5.75 Å². The predicted molar refractivity (Wildman–Crippen MR) is 76.5 cm³/mol. The van der Waals surface area contributed by atoms with Crippen LogP contribution in [0.1, 0.15) is 5.56 Å². The van der Waals surface area contributed by atoms with Gasteiger partial charge in [-0.1, -0.05) is 41.9 Å². The standard InChI is InChI=1S/C14H12BrClO2/c1-17-14-11(15)7-8-12(13(14)16)18-9-10-5-3-2-4-6-10/h2-8H,9H2,1H3. The van der Waals surface area contributed by atoms with Crippen molar-refractivity contribution in [3.63, 3.8) is 0 Å². The van der Waals surface area contributed by atoms with Crippen LogP contribution in [0.15, 0.2) is 46.9 Å². The molecule has 0 fully saturated rings. The van der Waals surface area contributed by atoms with Gasteiger partial charge < -0.3 is 9.47 Å². The number of benzene rings is 2. The zero-order valence-electron chi connectivity index (χ0n) is 9.82. The molecule has 94 valence electrons. The molecule has 2 aromatic carbocycles. The molecule has 18 heavy (non-hydrogen) atoms. The van der Waals surface area contributed by atoms with Crippen LogP contribution in [0.5, 0.6) is 11.5 Å². The van der Waals surface area contributed by atoms with Gasteiger partial charge in [0.1, 0.15) is 17.4 Å². The van der Waals surface area contributed by atoms with Crippen LogP contribution in [0.25, 0.3) is 0 Å². The van der Waals surface area contributed by atoms with E-state index in [9.17, 15) is 0 Å². The molecule has 2 aromatic rings. The minimum absolute atomic E-state index is 0.475. The van der Waals surface area contributed by atoms with Crippen molar-refractivity contribution >= 4 is 27.5 Å². The molecule has 0 amide bonds. The van der Waals surface area contributed by atoms with Gasteiger partial charge in [0, 0.05) is 0 Å². The van der Waals surface area contributed by atoms with E-state index in [1.807, 2.05) is 42.5 Å². The summed E-state index contributed by atoms with van der Waals surface area (Å²) in [6.07, 6.45) is 0. The van der Waals surface area contributed by atoms with Crippen LogP contribution in [0.3, 0.4) is 0 Å². The lowest BCUT2D eigenvalue weighted by Crippen LogP contribution is -1.97. The second-order valence-corrected chi connectivity index (χ2v) is 4.90. The normalized spacial score (nSPS) is 10.2. The molecule has 2 rings (SSSR count). The van der Waals surface area contributed by atoms with E-state index >= 15 is 0 Å². The van der Waals surface area contributed by atoms with E-state index in [1.54, 1.807) is 7.11 Å². The van der Waals surface area contributed by atoms with Gasteiger partial charge in [-0.05, 0) is 33.6 Å². The number of hydrogen-bond donors (Lipinski definition) is 0. The van der Waals surface area contributed by atoms with Crippen LogP contribution in [0.2, 0.25) is 5.02 Å². The van der Waals surface area contributed by atoms with Crippen molar-refractivity contribution in [2.75, 3.05) is 7.11 Å². The molecule has 0 radical (unpaired) electrons. The van der Waals surface area contributed by atoms with Crippen LogP contribution in [0.4, 0.5) is 0 Å². The average Bonchev–Trinajstić information content (AvgIpc) is 2.40. The second-order valence-electron chi connectivity index (χ2n) is 3.67. The summed E-state index contributed by atoms with van der Waals surface area (Å²) >= 11 is 9.57. The van der Waals surface area contributed by atoms with Gasteiger partial charge in [0.2, 0.25) is 0 Å². The van der Waals surface area contributed by atoms with Crippen molar-refractivity contribution < 1.29 is 9.47 Å². The first kappa shape index (κ1) is 13.2. The molecule has 0 heterocycles. The molecule has 0 spiro atoms. The molecular formula is C14H12BrClO2. The van der Waals surface area contributed by atoms with E-state index in [-0.39, 0.29) is 0 Å². The monoisotopic (exact) mass is 326 g/mol. The average molecular weight is 328 g/mol. The highest BCUT2D eigenvalue weighted by molar-refractivity contribution is 9.10. The van der Waals surface area contributed by atoms with Gasteiger partial charge in [0.05, 0.1) is 11.6 Å². The molecule has 0 aromatic heterocycles. The molecule has 0 N–H and O–H groups in total. The van der Waals surface area contributed by atoms with Gasteiger partial charge in [-0.15, -0.1) is 0 Å². The van der Waals surface area contributed by atoms with E-state index in [0.29, 0.717) is 23.1 Å². The van der Waals surface area contributed by atoms with Crippen molar-refractivity contribution in [3.05, 3.63) is 57.5 Å². The molecule has 2 nitrogen and oxygen atoms in total. The van der Waals surface area contributed by atoms with E-state index in [4.69, 9.17) is 21.1 Å². The maximum Gasteiger partial charge on any atom is 0.155 e. The summed E-state index contributed by atoms with van der Waals surface area (Å²) in [5.41, 5.74) is 1.09. The van der Waals surface area contributed by atoms with E-state index in [1.165, 1.54) is 0 Å². The molecule has 0 bridgehead atoms. The Morgan fingerprint density at radius 1 is 1.11 bits per heavy atom. The maximum absolute atomic E-state index is 6.20. The summed E-state index contributed by atoms with van der Waals surface area (Å²) < 4.78 is 11.7. The van der Waals surface area contributed by atoms with Gasteiger partial charge in [-0.25, -0.2) is 0 Å². The molecule has 0 aliphatic rings. The van der Waals surface area contributed by atoms with Gasteiger partial charge in [-0.3, -0.25) is 0 Å². The van der Waals surface area contributed by atoms with E-state index in [0.717, 1.165) is 10.0 Å². The fourth-order valence-electron chi connectivity index (χ4n) is 1.55. The highest BCUT2D eigenvalue weighted by Crippen LogP contribution is 2.39. The first-order valence-corrected chi connectivity index (χ1v) is 6.58. The minimum atomic E-state index is 0.475. The number of ether oxygens (including phenoxy) is 2. The molecule has 0 saturated heterocycles. The summed E-state index contributed by atoms with van der Waals surface area (Å²) in [5.74, 6) is 1.20. The minimum Gasteiger partial charge on any atom is -0.494 e. The Kier molecular flexibility index (Phi) is 4.50.